The number of piperidine rings is 1. The van der Waals surface area contributed by atoms with Crippen LogP contribution < -0.4 is 10.6 Å². The number of aryl methyl sites for hydroxylation is 1. The highest BCUT2D eigenvalue weighted by molar-refractivity contribution is 5.92. The van der Waals surface area contributed by atoms with Crippen molar-refractivity contribution in [1.82, 2.24) is 10.6 Å². The maximum Gasteiger partial charge on any atom is 0.223 e. The number of aliphatic hydroxyl groups is 1. The maximum atomic E-state index is 13.3. The van der Waals surface area contributed by atoms with Gasteiger partial charge in [-0.25, -0.2) is 0 Å². The van der Waals surface area contributed by atoms with Crippen LogP contribution in [0.4, 0.5) is 0 Å². The molecule has 1 aromatic rings. The Morgan fingerprint density at radius 3 is 2.77 bits per heavy atom. The second-order valence-electron chi connectivity index (χ2n) is 10.00. The third kappa shape index (κ3) is 2.83. The molecule has 162 valence electrons. The lowest BCUT2D eigenvalue weighted by atomic mass is 9.49. The second-order valence-corrected chi connectivity index (χ2v) is 10.00. The molecule has 4 aliphatic rings. The normalized spacial score (nSPS) is 36.0. The molecule has 6 heteroatoms. The molecule has 0 spiro atoms. The number of Topliss-reactive ketones (excluding diaryl/α,β-unsaturated/α-hetero) is 1. The van der Waals surface area contributed by atoms with Crippen LogP contribution in [0.2, 0.25) is 0 Å². The van der Waals surface area contributed by atoms with Gasteiger partial charge < -0.3 is 20.8 Å². The van der Waals surface area contributed by atoms with Crippen molar-refractivity contribution in [1.29, 1.82) is 0 Å². The van der Waals surface area contributed by atoms with E-state index in [2.05, 4.69) is 10.6 Å². The van der Waals surface area contributed by atoms with Crippen molar-refractivity contribution in [2.24, 2.45) is 5.92 Å². The smallest absolute Gasteiger partial charge is 0.223 e. The first-order valence-electron chi connectivity index (χ1n) is 11.5. The molecule has 3 aliphatic carbocycles. The monoisotopic (exact) mass is 412 g/mol. The average Bonchev–Trinajstić information content (AvgIpc) is 2.70. The topological polar surface area (TPSA) is 98.7 Å². The first-order valence-corrected chi connectivity index (χ1v) is 11.5. The maximum absolute atomic E-state index is 13.3. The van der Waals surface area contributed by atoms with Crippen LogP contribution in [0.1, 0.15) is 68.1 Å². The first kappa shape index (κ1) is 20.0. The van der Waals surface area contributed by atoms with E-state index in [1.54, 1.807) is 12.1 Å². The highest BCUT2D eigenvalue weighted by Crippen LogP contribution is 2.56. The molecule has 0 radical (unpaired) electrons. The number of carbonyl (C=O) groups is 2. The fourth-order valence-electron chi connectivity index (χ4n) is 6.79. The molecular formula is C24H32N2O4. The zero-order chi connectivity index (χ0) is 21.1. The number of phenols is 1. The number of phenolic OH excluding ortho intramolecular Hbond substituents is 1. The number of hydrogen-bond acceptors (Lipinski definition) is 5. The van der Waals surface area contributed by atoms with Gasteiger partial charge in [-0.05, 0) is 68.0 Å². The number of benzene rings is 1. The number of ketones is 1. The summed E-state index contributed by atoms with van der Waals surface area (Å²) in [5.74, 6) is 0.135. The van der Waals surface area contributed by atoms with Crippen LogP contribution in [0.15, 0.2) is 12.1 Å². The minimum Gasteiger partial charge on any atom is -0.508 e. The minimum atomic E-state index is -1.13. The van der Waals surface area contributed by atoms with Crippen molar-refractivity contribution < 1.29 is 19.8 Å². The summed E-state index contributed by atoms with van der Waals surface area (Å²) in [7, 11) is 0. The Labute approximate surface area is 177 Å². The SMILES string of the molecule is Cc1cc(O)cc2c1C[C@H]1NCC[C@@]23CC(=O)[C@@H](NC(=O)C2CCCCC2)C[C@@]13O. The largest absolute Gasteiger partial charge is 0.508 e. The summed E-state index contributed by atoms with van der Waals surface area (Å²) in [6.07, 6.45) is 6.82. The van der Waals surface area contributed by atoms with E-state index >= 15 is 0 Å². The lowest BCUT2D eigenvalue weighted by molar-refractivity contribution is -0.156. The molecule has 1 amide bonds. The first-order chi connectivity index (χ1) is 14.3. The minimum absolute atomic E-state index is 0.00155. The van der Waals surface area contributed by atoms with E-state index in [0.29, 0.717) is 12.8 Å². The lowest BCUT2D eigenvalue weighted by Gasteiger charge is -2.61. The molecule has 2 saturated carbocycles. The summed E-state index contributed by atoms with van der Waals surface area (Å²) in [6.45, 7) is 2.71. The van der Waals surface area contributed by atoms with Crippen molar-refractivity contribution in [3.05, 3.63) is 28.8 Å². The van der Waals surface area contributed by atoms with E-state index in [4.69, 9.17) is 0 Å². The molecule has 4 N–H and O–H groups in total. The van der Waals surface area contributed by atoms with Crippen LogP contribution in [0.5, 0.6) is 5.75 Å². The standard InChI is InChI=1S/C24H32N2O4/c1-14-9-16(27)10-18-17(14)11-21-24(30)12-19(20(28)13-23(18,24)7-8-25-21)26-22(29)15-5-3-2-4-6-15/h9-10,15,19,21,25,27,30H,2-8,11-13H2,1H3,(H,26,29)/t19-,21+,23+,24+/m0/s1. The van der Waals surface area contributed by atoms with E-state index < -0.39 is 17.1 Å². The van der Waals surface area contributed by atoms with Gasteiger partial charge in [-0.15, -0.1) is 0 Å². The molecule has 0 aromatic heterocycles. The van der Waals surface area contributed by atoms with Gasteiger partial charge in [0.25, 0.3) is 0 Å². The van der Waals surface area contributed by atoms with Gasteiger partial charge in [-0.1, -0.05) is 19.3 Å². The zero-order valence-corrected chi connectivity index (χ0v) is 17.7. The second kappa shape index (κ2) is 7.06. The highest BCUT2D eigenvalue weighted by atomic mass is 16.3. The average molecular weight is 413 g/mol. The van der Waals surface area contributed by atoms with Crippen LogP contribution in [0, 0.1) is 12.8 Å². The number of aromatic hydroxyl groups is 1. The van der Waals surface area contributed by atoms with Gasteiger partial charge in [-0.2, -0.15) is 0 Å². The van der Waals surface area contributed by atoms with Crippen molar-refractivity contribution in [3.8, 4) is 5.75 Å². The third-order valence-corrected chi connectivity index (χ3v) is 8.40. The Balaban J connectivity index is 1.48. The molecule has 30 heavy (non-hydrogen) atoms. The van der Waals surface area contributed by atoms with Crippen molar-refractivity contribution >= 4 is 11.7 Å². The Kier molecular flexibility index (Phi) is 4.71. The third-order valence-electron chi connectivity index (χ3n) is 8.40. The fourth-order valence-corrected chi connectivity index (χ4v) is 6.79. The van der Waals surface area contributed by atoms with Crippen molar-refractivity contribution in [2.75, 3.05) is 6.54 Å². The number of fused-ring (bicyclic) bond motifs is 1. The number of amides is 1. The van der Waals surface area contributed by atoms with Gasteiger partial charge in [0.05, 0.1) is 11.6 Å². The molecular weight excluding hydrogens is 380 g/mol. The van der Waals surface area contributed by atoms with Crippen LogP contribution in [0.3, 0.4) is 0 Å². The molecule has 5 rings (SSSR count). The molecule has 6 nitrogen and oxygen atoms in total. The summed E-state index contributed by atoms with van der Waals surface area (Å²) in [5, 5.41) is 28.8. The number of nitrogens with one attached hydrogen (secondary N) is 2. The molecule has 2 bridgehead atoms. The predicted octanol–water partition coefficient (Wildman–Crippen LogP) is 2.02. The number of hydrogen-bond donors (Lipinski definition) is 4. The van der Waals surface area contributed by atoms with E-state index in [1.165, 1.54) is 6.42 Å². The van der Waals surface area contributed by atoms with Gasteiger partial charge in [0.1, 0.15) is 5.75 Å². The van der Waals surface area contributed by atoms with E-state index in [9.17, 15) is 19.8 Å². The molecule has 4 atom stereocenters. The summed E-state index contributed by atoms with van der Waals surface area (Å²) in [5.41, 5.74) is 1.22. The summed E-state index contributed by atoms with van der Waals surface area (Å²) < 4.78 is 0. The van der Waals surface area contributed by atoms with E-state index in [-0.39, 0.29) is 42.2 Å². The number of rotatable bonds is 2. The van der Waals surface area contributed by atoms with Crippen LogP contribution in [0.25, 0.3) is 0 Å². The Morgan fingerprint density at radius 1 is 1.23 bits per heavy atom. The van der Waals surface area contributed by atoms with E-state index in [0.717, 1.165) is 48.9 Å². The van der Waals surface area contributed by atoms with Crippen molar-refractivity contribution in [3.63, 3.8) is 0 Å². The predicted molar refractivity (Wildman–Crippen MR) is 112 cm³/mol. The lowest BCUT2D eigenvalue weighted by Crippen LogP contribution is -2.75. The molecule has 3 fully saturated rings. The van der Waals surface area contributed by atoms with Crippen LogP contribution in [-0.4, -0.2) is 46.1 Å². The quantitative estimate of drug-likeness (QED) is 0.596. The summed E-state index contributed by atoms with van der Waals surface area (Å²) in [4.78, 5) is 26.1. The summed E-state index contributed by atoms with van der Waals surface area (Å²) in [6, 6.07) is 2.71. The van der Waals surface area contributed by atoms with Crippen molar-refractivity contribution in [2.45, 2.75) is 87.8 Å². The Morgan fingerprint density at radius 2 is 2.00 bits per heavy atom. The Hall–Kier alpha value is -1.92. The fraction of sp³-hybridized carbons (Fsp3) is 0.667. The van der Waals surface area contributed by atoms with Crippen LogP contribution >= 0.6 is 0 Å². The van der Waals surface area contributed by atoms with Gasteiger partial charge in [0, 0.05) is 30.2 Å². The molecule has 1 saturated heterocycles. The summed E-state index contributed by atoms with van der Waals surface area (Å²) >= 11 is 0. The molecule has 0 unspecified atom stereocenters. The highest BCUT2D eigenvalue weighted by Gasteiger charge is 2.65. The van der Waals surface area contributed by atoms with E-state index in [1.807, 2.05) is 6.92 Å². The van der Waals surface area contributed by atoms with Gasteiger partial charge in [0.2, 0.25) is 5.91 Å². The molecule has 1 heterocycles. The van der Waals surface area contributed by atoms with Crippen LogP contribution in [-0.2, 0) is 21.4 Å². The number of carbonyl (C=O) groups excluding carboxylic acids is 2. The van der Waals surface area contributed by atoms with Gasteiger partial charge >= 0.3 is 0 Å². The molecule has 1 aliphatic heterocycles. The molecule has 1 aromatic carbocycles. The Bertz CT molecular complexity index is 893. The zero-order valence-electron chi connectivity index (χ0n) is 17.7. The van der Waals surface area contributed by atoms with Gasteiger partial charge in [-0.3, -0.25) is 9.59 Å². The van der Waals surface area contributed by atoms with Gasteiger partial charge in [0.15, 0.2) is 5.78 Å².